The van der Waals surface area contributed by atoms with Crippen LogP contribution in [0, 0.1) is 0 Å². The maximum absolute atomic E-state index is 9.26. The molecule has 0 bridgehead atoms. The Kier molecular flexibility index (Phi) is 5.42. The summed E-state index contributed by atoms with van der Waals surface area (Å²) in [4.78, 5) is 0. The monoisotopic (exact) mass is 317 g/mol. The van der Waals surface area contributed by atoms with Crippen LogP contribution in [0.15, 0.2) is 84.9 Å². The second kappa shape index (κ2) is 7.91. The fourth-order valence-corrected chi connectivity index (χ4v) is 2.93. The zero-order chi connectivity index (χ0) is 16.8. The van der Waals surface area contributed by atoms with Gasteiger partial charge in [0.2, 0.25) is 0 Å². The highest BCUT2D eigenvalue weighted by molar-refractivity contribution is 5.34. The van der Waals surface area contributed by atoms with Gasteiger partial charge in [0.15, 0.2) is 0 Å². The van der Waals surface area contributed by atoms with Crippen LogP contribution in [-0.2, 0) is 6.61 Å². The zero-order valence-corrected chi connectivity index (χ0v) is 13.9. The molecule has 122 valence electrons. The number of aliphatic hydroxyl groups is 1. The molecule has 2 heteroatoms. The minimum absolute atomic E-state index is 0.0735. The molecule has 0 spiro atoms. The molecule has 2 atom stereocenters. The van der Waals surface area contributed by atoms with Crippen LogP contribution in [0.5, 0.6) is 0 Å². The average Bonchev–Trinajstić information content (AvgIpc) is 2.67. The second-order valence-electron chi connectivity index (χ2n) is 6.04. The summed E-state index contributed by atoms with van der Waals surface area (Å²) >= 11 is 0. The van der Waals surface area contributed by atoms with Gasteiger partial charge in [-0.05, 0) is 29.2 Å². The molecule has 0 aliphatic heterocycles. The number of rotatable bonds is 6. The summed E-state index contributed by atoms with van der Waals surface area (Å²) in [5, 5.41) is 13.0. The van der Waals surface area contributed by atoms with E-state index in [-0.39, 0.29) is 18.7 Å². The summed E-state index contributed by atoms with van der Waals surface area (Å²) in [6, 6.07) is 29.4. The van der Waals surface area contributed by atoms with Crippen molar-refractivity contribution >= 4 is 0 Å². The molecule has 0 saturated carbocycles. The van der Waals surface area contributed by atoms with Crippen molar-refractivity contribution in [3.05, 3.63) is 107 Å². The smallest absolute Gasteiger partial charge is 0.0681 e. The van der Waals surface area contributed by atoms with E-state index in [0.29, 0.717) is 0 Å². The number of aliphatic hydroxyl groups excluding tert-OH is 1. The van der Waals surface area contributed by atoms with Gasteiger partial charge in [-0.1, -0.05) is 84.9 Å². The van der Waals surface area contributed by atoms with Crippen LogP contribution >= 0.6 is 0 Å². The molecule has 24 heavy (non-hydrogen) atoms. The first kappa shape index (κ1) is 16.4. The molecular formula is C22H23NO. The average molecular weight is 317 g/mol. The van der Waals surface area contributed by atoms with Crippen LogP contribution < -0.4 is 5.32 Å². The molecule has 0 aliphatic rings. The molecule has 0 aliphatic carbocycles. The van der Waals surface area contributed by atoms with Gasteiger partial charge in [-0.2, -0.15) is 0 Å². The number of nitrogens with one attached hydrogen (secondary N) is 1. The third kappa shape index (κ3) is 3.91. The van der Waals surface area contributed by atoms with Gasteiger partial charge in [-0.25, -0.2) is 0 Å². The van der Waals surface area contributed by atoms with Crippen molar-refractivity contribution in [1.82, 2.24) is 5.32 Å². The van der Waals surface area contributed by atoms with Crippen molar-refractivity contribution in [3.63, 3.8) is 0 Å². The van der Waals surface area contributed by atoms with E-state index in [0.717, 1.165) is 5.56 Å². The van der Waals surface area contributed by atoms with E-state index >= 15 is 0 Å². The van der Waals surface area contributed by atoms with E-state index in [1.54, 1.807) is 0 Å². The lowest BCUT2D eigenvalue weighted by molar-refractivity contribution is 0.282. The van der Waals surface area contributed by atoms with Crippen molar-refractivity contribution in [1.29, 1.82) is 0 Å². The topological polar surface area (TPSA) is 32.3 Å². The normalized spacial score (nSPS) is 13.4. The van der Waals surface area contributed by atoms with E-state index in [9.17, 15) is 5.11 Å². The standard InChI is InChI=1S/C22H23NO/c1-17(19-8-4-2-5-9-19)23-22(20-10-6-3-7-11-20)21-14-12-18(16-24)13-15-21/h2-15,17,22-24H,16H2,1H3/t17-,22?/m1/s1. The molecule has 3 rings (SSSR count). The Morgan fingerprint density at radius 2 is 1.21 bits per heavy atom. The Bertz CT molecular complexity index is 738. The van der Waals surface area contributed by atoms with Gasteiger partial charge in [0.25, 0.3) is 0 Å². The van der Waals surface area contributed by atoms with E-state index in [2.05, 4.69) is 72.9 Å². The lowest BCUT2D eigenvalue weighted by Crippen LogP contribution is -2.25. The van der Waals surface area contributed by atoms with Crippen LogP contribution in [0.1, 0.15) is 41.3 Å². The summed E-state index contributed by atoms with van der Waals surface area (Å²) in [5.41, 5.74) is 4.63. The highest BCUT2D eigenvalue weighted by Crippen LogP contribution is 2.26. The van der Waals surface area contributed by atoms with Crippen molar-refractivity contribution in [2.45, 2.75) is 25.6 Å². The molecule has 2 nitrogen and oxygen atoms in total. The predicted molar refractivity (Wildman–Crippen MR) is 98.6 cm³/mol. The minimum atomic E-state index is 0.0735. The molecule has 0 radical (unpaired) electrons. The molecule has 3 aromatic rings. The van der Waals surface area contributed by atoms with E-state index in [1.165, 1.54) is 16.7 Å². The van der Waals surface area contributed by atoms with Crippen LogP contribution in [0.3, 0.4) is 0 Å². The minimum Gasteiger partial charge on any atom is -0.392 e. The maximum Gasteiger partial charge on any atom is 0.0681 e. The lowest BCUT2D eigenvalue weighted by Gasteiger charge is -2.25. The lowest BCUT2D eigenvalue weighted by atomic mass is 9.96. The Morgan fingerprint density at radius 3 is 1.75 bits per heavy atom. The SMILES string of the molecule is C[C@@H](NC(c1ccccc1)c1ccc(CO)cc1)c1ccccc1. The van der Waals surface area contributed by atoms with Crippen molar-refractivity contribution < 1.29 is 5.11 Å². The molecular weight excluding hydrogens is 294 g/mol. The van der Waals surface area contributed by atoms with Crippen LogP contribution in [0.4, 0.5) is 0 Å². The Labute approximate surface area is 143 Å². The molecule has 0 fully saturated rings. The number of hydrogen-bond acceptors (Lipinski definition) is 2. The van der Waals surface area contributed by atoms with E-state index in [4.69, 9.17) is 0 Å². The molecule has 0 aromatic heterocycles. The van der Waals surface area contributed by atoms with Gasteiger partial charge in [-0.3, -0.25) is 5.32 Å². The van der Waals surface area contributed by atoms with Gasteiger partial charge in [0, 0.05) is 6.04 Å². The Hall–Kier alpha value is -2.42. The van der Waals surface area contributed by atoms with E-state index < -0.39 is 0 Å². The predicted octanol–water partition coefficient (Wildman–Crippen LogP) is 4.62. The summed E-state index contributed by atoms with van der Waals surface area (Å²) in [5.74, 6) is 0. The largest absolute Gasteiger partial charge is 0.392 e. The zero-order valence-electron chi connectivity index (χ0n) is 13.9. The second-order valence-corrected chi connectivity index (χ2v) is 6.04. The summed E-state index contributed by atoms with van der Waals surface area (Å²) in [7, 11) is 0. The van der Waals surface area contributed by atoms with Crippen molar-refractivity contribution in [2.75, 3.05) is 0 Å². The van der Waals surface area contributed by atoms with Gasteiger partial charge >= 0.3 is 0 Å². The van der Waals surface area contributed by atoms with Crippen molar-refractivity contribution in [2.24, 2.45) is 0 Å². The van der Waals surface area contributed by atoms with Crippen LogP contribution in [-0.4, -0.2) is 5.11 Å². The molecule has 1 unspecified atom stereocenters. The number of hydrogen-bond donors (Lipinski definition) is 2. The summed E-state index contributed by atoms with van der Waals surface area (Å²) < 4.78 is 0. The van der Waals surface area contributed by atoms with Crippen LogP contribution in [0.25, 0.3) is 0 Å². The highest BCUT2D eigenvalue weighted by Gasteiger charge is 2.17. The fourth-order valence-electron chi connectivity index (χ4n) is 2.93. The first-order valence-electron chi connectivity index (χ1n) is 8.33. The van der Waals surface area contributed by atoms with E-state index in [1.807, 2.05) is 24.3 Å². The fraction of sp³-hybridized carbons (Fsp3) is 0.182. The molecule has 0 saturated heterocycles. The number of benzene rings is 3. The molecule has 0 amide bonds. The first-order valence-corrected chi connectivity index (χ1v) is 8.33. The quantitative estimate of drug-likeness (QED) is 0.695. The van der Waals surface area contributed by atoms with Gasteiger partial charge in [0.1, 0.15) is 0 Å². The summed E-state index contributed by atoms with van der Waals surface area (Å²) in [6.07, 6.45) is 0. The maximum atomic E-state index is 9.26. The van der Waals surface area contributed by atoms with Gasteiger partial charge in [0.05, 0.1) is 12.6 Å². The van der Waals surface area contributed by atoms with Gasteiger partial charge in [-0.15, -0.1) is 0 Å². The highest BCUT2D eigenvalue weighted by atomic mass is 16.3. The third-order valence-electron chi connectivity index (χ3n) is 4.34. The Balaban J connectivity index is 1.90. The Morgan fingerprint density at radius 1 is 0.708 bits per heavy atom. The molecule has 2 N–H and O–H groups in total. The van der Waals surface area contributed by atoms with Gasteiger partial charge < -0.3 is 5.11 Å². The molecule has 0 heterocycles. The first-order chi connectivity index (χ1) is 11.8. The summed E-state index contributed by atoms with van der Waals surface area (Å²) in [6.45, 7) is 2.26. The third-order valence-corrected chi connectivity index (χ3v) is 4.34. The van der Waals surface area contributed by atoms with Crippen LogP contribution in [0.2, 0.25) is 0 Å². The van der Waals surface area contributed by atoms with Crippen molar-refractivity contribution in [3.8, 4) is 0 Å². The molecule has 3 aromatic carbocycles.